The Balaban J connectivity index is 2.19. The summed E-state index contributed by atoms with van der Waals surface area (Å²) in [5.41, 5.74) is 0.100. The molecule has 0 radical (unpaired) electrons. The highest BCUT2D eigenvalue weighted by Gasteiger charge is 2.11. The van der Waals surface area contributed by atoms with Crippen LogP contribution in [-0.2, 0) is 17.8 Å². The number of aliphatic carboxylic acids is 1. The van der Waals surface area contributed by atoms with E-state index in [0.29, 0.717) is 0 Å². The first-order valence-electron chi connectivity index (χ1n) is 5.10. The van der Waals surface area contributed by atoms with Gasteiger partial charge in [0.05, 0.1) is 18.7 Å². The van der Waals surface area contributed by atoms with Crippen LogP contribution in [0.5, 0.6) is 0 Å². The highest BCUT2D eigenvalue weighted by atomic mass is 19.1. The Labute approximate surface area is 101 Å². The number of carboxylic acids is 1. The highest BCUT2D eigenvalue weighted by Crippen LogP contribution is 2.13. The van der Waals surface area contributed by atoms with Crippen LogP contribution in [0.25, 0.3) is 0 Å². The minimum atomic E-state index is -1.04. The Morgan fingerprint density at radius 1 is 1.33 bits per heavy atom. The van der Waals surface area contributed by atoms with Crippen molar-refractivity contribution in [2.45, 2.75) is 13.0 Å². The van der Waals surface area contributed by atoms with Gasteiger partial charge in [-0.05, 0) is 12.1 Å². The summed E-state index contributed by atoms with van der Waals surface area (Å²) in [6.45, 7) is -0.134. The molecule has 0 bridgehead atoms. The van der Waals surface area contributed by atoms with Crippen LogP contribution in [0.1, 0.15) is 11.3 Å². The quantitative estimate of drug-likeness (QED) is 0.889. The van der Waals surface area contributed by atoms with Gasteiger partial charge in [0, 0.05) is 11.8 Å². The van der Waals surface area contributed by atoms with Crippen molar-refractivity contribution in [2.75, 3.05) is 0 Å². The number of carboxylic acid groups (broad SMARTS) is 1. The van der Waals surface area contributed by atoms with Crippen molar-refractivity contribution in [3.05, 3.63) is 47.3 Å². The lowest BCUT2D eigenvalue weighted by Gasteiger charge is -2.03. The number of benzene rings is 1. The third-order valence-corrected chi connectivity index (χ3v) is 2.30. The van der Waals surface area contributed by atoms with Gasteiger partial charge in [-0.3, -0.25) is 4.79 Å². The zero-order valence-corrected chi connectivity index (χ0v) is 9.18. The predicted molar refractivity (Wildman–Crippen MR) is 56.8 cm³/mol. The summed E-state index contributed by atoms with van der Waals surface area (Å²) in [5.74, 6) is -2.39. The van der Waals surface area contributed by atoms with Crippen LogP contribution in [0.15, 0.2) is 24.4 Å². The molecule has 0 aliphatic carbocycles. The molecule has 0 aliphatic rings. The summed E-state index contributed by atoms with van der Waals surface area (Å²) in [6, 6.07) is 3.56. The van der Waals surface area contributed by atoms with E-state index in [2.05, 4.69) is 10.3 Å². The molecule has 1 heterocycles. The van der Waals surface area contributed by atoms with Gasteiger partial charge in [-0.25, -0.2) is 13.5 Å². The molecule has 1 N–H and O–H groups in total. The smallest absolute Gasteiger partial charge is 0.309 e. The van der Waals surface area contributed by atoms with E-state index in [4.69, 9.17) is 5.11 Å². The lowest BCUT2D eigenvalue weighted by atomic mass is 10.2. The number of carbonyl (C=O) groups is 1. The van der Waals surface area contributed by atoms with Gasteiger partial charge < -0.3 is 5.11 Å². The van der Waals surface area contributed by atoms with Gasteiger partial charge >= 0.3 is 5.97 Å². The van der Waals surface area contributed by atoms with E-state index in [1.165, 1.54) is 16.9 Å². The largest absolute Gasteiger partial charge is 0.481 e. The molecule has 0 fully saturated rings. The average Bonchev–Trinajstić information content (AvgIpc) is 2.70. The summed E-state index contributed by atoms with van der Waals surface area (Å²) in [6.07, 6.45) is 1.07. The van der Waals surface area contributed by atoms with E-state index in [0.717, 1.165) is 12.1 Å². The first-order valence-corrected chi connectivity index (χ1v) is 5.10. The monoisotopic (exact) mass is 253 g/mol. The van der Waals surface area contributed by atoms with E-state index >= 15 is 0 Å². The zero-order valence-electron chi connectivity index (χ0n) is 9.18. The van der Waals surface area contributed by atoms with Crippen molar-refractivity contribution in [3.8, 4) is 0 Å². The molecule has 0 amide bonds. The molecule has 0 atom stereocenters. The van der Waals surface area contributed by atoms with Crippen LogP contribution in [0, 0.1) is 11.6 Å². The van der Waals surface area contributed by atoms with Crippen LogP contribution < -0.4 is 0 Å². The molecule has 94 valence electrons. The standard InChI is InChI=1S/C11H9F2N3O2/c12-9-2-1-3-10(13)8(9)6-16-5-7(14-15-16)4-11(17)18/h1-3,5H,4,6H2,(H,17,18). The molecule has 2 rings (SSSR count). The Morgan fingerprint density at radius 3 is 2.61 bits per heavy atom. The van der Waals surface area contributed by atoms with Gasteiger partial charge in [-0.15, -0.1) is 5.10 Å². The highest BCUT2D eigenvalue weighted by molar-refractivity contribution is 5.69. The number of rotatable bonds is 4. The topological polar surface area (TPSA) is 68.0 Å². The third kappa shape index (κ3) is 2.68. The van der Waals surface area contributed by atoms with E-state index < -0.39 is 17.6 Å². The maximum atomic E-state index is 13.4. The molecule has 0 aliphatic heterocycles. The van der Waals surface area contributed by atoms with E-state index in [1.807, 2.05) is 0 Å². The van der Waals surface area contributed by atoms with Crippen molar-refractivity contribution < 1.29 is 18.7 Å². The van der Waals surface area contributed by atoms with Crippen molar-refractivity contribution in [1.29, 1.82) is 0 Å². The normalized spacial score (nSPS) is 10.6. The Kier molecular flexibility index (Phi) is 3.31. The van der Waals surface area contributed by atoms with Crippen LogP contribution >= 0.6 is 0 Å². The van der Waals surface area contributed by atoms with Crippen molar-refractivity contribution in [2.24, 2.45) is 0 Å². The fourth-order valence-electron chi connectivity index (χ4n) is 1.50. The number of aromatic nitrogens is 3. The second-order valence-electron chi connectivity index (χ2n) is 3.68. The molecular weight excluding hydrogens is 244 g/mol. The van der Waals surface area contributed by atoms with Crippen LogP contribution in [0.2, 0.25) is 0 Å². The number of hydrogen-bond donors (Lipinski definition) is 1. The first-order chi connectivity index (χ1) is 8.56. The van der Waals surface area contributed by atoms with Gasteiger partial charge in [-0.1, -0.05) is 11.3 Å². The van der Waals surface area contributed by atoms with Crippen molar-refractivity contribution >= 4 is 5.97 Å². The molecule has 1 aromatic heterocycles. The fraction of sp³-hybridized carbons (Fsp3) is 0.182. The molecule has 1 aromatic carbocycles. The Bertz CT molecular complexity index is 563. The predicted octanol–water partition coefficient (Wildman–Crippen LogP) is 1.23. The summed E-state index contributed by atoms with van der Waals surface area (Å²) in [7, 11) is 0. The van der Waals surface area contributed by atoms with Crippen LogP contribution in [-0.4, -0.2) is 26.1 Å². The molecule has 0 unspecified atom stereocenters. The lowest BCUT2D eigenvalue weighted by molar-refractivity contribution is -0.136. The van der Waals surface area contributed by atoms with Gasteiger partial charge in [-0.2, -0.15) is 0 Å². The third-order valence-electron chi connectivity index (χ3n) is 2.30. The Morgan fingerprint density at radius 2 is 2.00 bits per heavy atom. The van der Waals surface area contributed by atoms with Gasteiger partial charge in [0.2, 0.25) is 0 Å². The molecule has 0 saturated carbocycles. The van der Waals surface area contributed by atoms with Crippen LogP contribution in [0.4, 0.5) is 8.78 Å². The summed E-state index contributed by atoms with van der Waals surface area (Å²) < 4.78 is 27.9. The molecule has 0 saturated heterocycles. The minimum Gasteiger partial charge on any atom is -0.481 e. The van der Waals surface area contributed by atoms with Crippen LogP contribution in [0.3, 0.4) is 0 Å². The van der Waals surface area contributed by atoms with Gasteiger partial charge in [0.25, 0.3) is 0 Å². The Hall–Kier alpha value is -2.31. The van der Waals surface area contributed by atoms with Gasteiger partial charge in [0.1, 0.15) is 11.6 Å². The molecule has 18 heavy (non-hydrogen) atoms. The maximum absolute atomic E-state index is 13.4. The SMILES string of the molecule is O=C(O)Cc1cn(Cc2c(F)cccc2F)nn1. The molecular formula is C11H9F2N3O2. The van der Waals surface area contributed by atoms with E-state index in [-0.39, 0.29) is 24.2 Å². The maximum Gasteiger partial charge on any atom is 0.309 e. The van der Waals surface area contributed by atoms with Crippen molar-refractivity contribution in [1.82, 2.24) is 15.0 Å². The first kappa shape index (κ1) is 12.2. The summed E-state index contributed by atoms with van der Waals surface area (Å²) >= 11 is 0. The van der Waals surface area contributed by atoms with E-state index in [9.17, 15) is 13.6 Å². The molecule has 2 aromatic rings. The molecule has 0 spiro atoms. The molecule has 5 nitrogen and oxygen atoms in total. The fourth-order valence-corrected chi connectivity index (χ4v) is 1.50. The van der Waals surface area contributed by atoms with Crippen molar-refractivity contribution in [3.63, 3.8) is 0 Å². The summed E-state index contributed by atoms with van der Waals surface area (Å²) in [4.78, 5) is 10.4. The zero-order chi connectivity index (χ0) is 13.1. The lowest BCUT2D eigenvalue weighted by Crippen LogP contribution is -2.05. The number of hydrogen-bond acceptors (Lipinski definition) is 3. The second-order valence-corrected chi connectivity index (χ2v) is 3.68. The average molecular weight is 253 g/mol. The van der Waals surface area contributed by atoms with E-state index in [1.54, 1.807) is 0 Å². The minimum absolute atomic E-state index is 0.134. The molecule has 7 heteroatoms. The van der Waals surface area contributed by atoms with Gasteiger partial charge in [0.15, 0.2) is 0 Å². The number of nitrogens with zero attached hydrogens (tertiary/aromatic N) is 3. The summed E-state index contributed by atoms with van der Waals surface area (Å²) in [5, 5.41) is 15.8. The number of halogens is 2. The second kappa shape index (κ2) is 4.91.